The van der Waals surface area contributed by atoms with Crippen LogP contribution < -0.4 is 5.32 Å². The maximum absolute atomic E-state index is 4.54. The quantitative estimate of drug-likeness (QED) is 0.823. The third-order valence-electron chi connectivity index (χ3n) is 4.08. The predicted octanol–water partition coefficient (Wildman–Crippen LogP) is 4.11. The molecule has 2 aromatic rings. The third kappa shape index (κ3) is 3.34. The molecule has 0 radical (unpaired) electrons. The molecule has 20 heavy (non-hydrogen) atoms. The van der Waals surface area contributed by atoms with Crippen LogP contribution >= 0.6 is 0 Å². The fraction of sp³-hybridized carbons (Fsp3) is 0.529. The molecule has 1 heterocycles. The number of nitrogens with zero attached hydrogens (tertiary/aromatic N) is 2. The van der Waals surface area contributed by atoms with Crippen LogP contribution in [0.5, 0.6) is 0 Å². The molecule has 1 N–H and O–H groups in total. The molecule has 0 fully saturated rings. The summed E-state index contributed by atoms with van der Waals surface area (Å²) in [4.78, 5) is 8.95. The van der Waals surface area contributed by atoms with Crippen molar-refractivity contribution in [3.63, 3.8) is 0 Å². The van der Waals surface area contributed by atoms with Crippen LogP contribution in [-0.4, -0.2) is 16.5 Å². The van der Waals surface area contributed by atoms with Crippen LogP contribution in [0, 0.1) is 5.92 Å². The third-order valence-corrected chi connectivity index (χ3v) is 4.08. The van der Waals surface area contributed by atoms with E-state index >= 15 is 0 Å². The average Bonchev–Trinajstić information content (AvgIpc) is 2.51. The van der Waals surface area contributed by atoms with Crippen molar-refractivity contribution in [2.75, 3.05) is 6.54 Å². The number of aromatic nitrogens is 2. The topological polar surface area (TPSA) is 37.8 Å². The second-order valence-electron chi connectivity index (χ2n) is 5.30. The van der Waals surface area contributed by atoms with Gasteiger partial charge in [0.1, 0.15) is 0 Å². The van der Waals surface area contributed by atoms with Gasteiger partial charge in [-0.1, -0.05) is 45.7 Å². The molecule has 1 unspecified atom stereocenters. The standard InChI is InChI=1S/C17H25N3/c1-4-13(5-2)12-16(18-6-3)14-8-7-9-15-17(14)20-11-10-19-15/h7-11,13,16,18H,4-6,12H2,1-3H3. The number of fused-ring (bicyclic) bond motifs is 1. The minimum atomic E-state index is 0.366. The van der Waals surface area contributed by atoms with E-state index in [1.165, 1.54) is 18.4 Å². The number of benzene rings is 1. The van der Waals surface area contributed by atoms with Gasteiger partial charge in [-0.25, -0.2) is 0 Å². The summed E-state index contributed by atoms with van der Waals surface area (Å²) in [5.74, 6) is 0.756. The molecule has 0 aliphatic heterocycles. The van der Waals surface area contributed by atoms with Gasteiger partial charge in [-0.15, -0.1) is 0 Å². The molecular weight excluding hydrogens is 246 g/mol. The lowest BCUT2D eigenvalue weighted by atomic mass is 9.90. The van der Waals surface area contributed by atoms with Crippen molar-refractivity contribution in [2.45, 2.75) is 46.1 Å². The first-order valence-electron chi connectivity index (χ1n) is 7.73. The highest BCUT2D eigenvalue weighted by Gasteiger charge is 2.18. The summed E-state index contributed by atoms with van der Waals surface area (Å²) in [5, 5.41) is 3.62. The monoisotopic (exact) mass is 271 g/mol. The maximum Gasteiger partial charge on any atom is 0.0934 e. The minimum absolute atomic E-state index is 0.366. The van der Waals surface area contributed by atoms with Crippen molar-refractivity contribution in [3.8, 4) is 0 Å². The van der Waals surface area contributed by atoms with E-state index in [4.69, 9.17) is 0 Å². The van der Waals surface area contributed by atoms with E-state index in [1.807, 2.05) is 6.07 Å². The SMILES string of the molecule is CCNC(CC(CC)CC)c1cccc2nccnc12. The second kappa shape index (κ2) is 7.34. The summed E-state index contributed by atoms with van der Waals surface area (Å²) in [7, 11) is 0. The molecule has 108 valence electrons. The lowest BCUT2D eigenvalue weighted by molar-refractivity contribution is 0.376. The van der Waals surface area contributed by atoms with E-state index in [0.29, 0.717) is 6.04 Å². The summed E-state index contributed by atoms with van der Waals surface area (Å²) in [5.41, 5.74) is 3.30. The lowest BCUT2D eigenvalue weighted by Crippen LogP contribution is -2.23. The van der Waals surface area contributed by atoms with Gasteiger partial charge in [-0.05, 0) is 30.5 Å². The Balaban J connectivity index is 2.35. The highest BCUT2D eigenvalue weighted by atomic mass is 14.9. The number of nitrogens with one attached hydrogen (secondary N) is 1. The summed E-state index contributed by atoms with van der Waals surface area (Å²) in [6, 6.07) is 6.67. The molecule has 0 saturated carbocycles. The zero-order valence-electron chi connectivity index (χ0n) is 12.8. The maximum atomic E-state index is 4.54. The van der Waals surface area contributed by atoms with Crippen LogP contribution in [0.4, 0.5) is 0 Å². The zero-order valence-corrected chi connectivity index (χ0v) is 12.8. The van der Waals surface area contributed by atoms with Gasteiger partial charge in [0.25, 0.3) is 0 Å². The van der Waals surface area contributed by atoms with Crippen molar-refractivity contribution in [1.29, 1.82) is 0 Å². The first kappa shape index (κ1) is 14.9. The highest BCUT2D eigenvalue weighted by molar-refractivity contribution is 5.78. The van der Waals surface area contributed by atoms with Crippen molar-refractivity contribution in [2.24, 2.45) is 5.92 Å². The van der Waals surface area contributed by atoms with Gasteiger partial charge in [0.05, 0.1) is 11.0 Å². The number of hydrogen-bond donors (Lipinski definition) is 1. The Hall–Kier alpha value is -1.48. The van der Waals surface area contributed by atoms with Crippen molar-refractivity contribution in [1.82, 2.24) is 15.3 Å². The number of para-hydroxylation sites is 1. The van der Waals surface area contributed by atoms with Crippen LogP contribution in [0.15, 0.2) is 30.6 Å². The van der Waals surface area contributed by atoms with E-state index in [9.17, 15) is 0 Å². The van der Waals surface area contributed by atoms with E-state index in [1.54, 1.807) is 12.4 Å². The second-order valence-corrected chi connectivity index (χ2v) is 5.30. The molecule has 0 bridgehead atoms. The molecule has 0 aliphatic carbocycles. The normalized spacial score (nSPS) is 13.0. The molecular formula is C17H25N3. The van der Waals surface area contributed by atoms with Gasteiger partial charge in [0, 0.05) is 18.4 Å². The summed E-state index contributed by atoms with van der Waals surface area (Å²) < 4.78 is 0. The Morgan fingerprint density at radius 2 is 1.80 bits per heavy atom. The van der Waals surface area contributed by atoms with Crippen LogP contribution in [0.3, 0.4) is 0 Å². The smallest absolute Gasteiger partial charge is 0.0934 e. The zero-order chi connectivity index (χ0) is 14.4. The number of rotatable bonds is 7. The Bertz CT molecular complexity index is 529. The fourth-order valence-electron chi connectivity index (χ4n) is 2.82. The Kier molecular flexibility index (Phi) is 5.48. The van der Waals surface area contributed by atoms with Gasteiger partial charge in [-0.2, -0.15) is 0 Å². The summed E-state index contributed by atoms with van der Waals surface area (Å²) in [6.07, 6.45) is 7.17. The van der Waals surface area contributed by atoms with Crippen LogP contribution in [-0.2, 0) is 0 Å². The fourth-order valence-corrected chi connectivity index (χ4v) is 2.82. The molecule has 0 amide bonds. The van der Waals surface area contributed by atoms with Crippen molar-refractivity contribution in [3.05, 3.63) is 36.2 Å². The molecule has 3 nitrogen and oxygen atoms in total. The van der Waals surface area contributed by atoms with E-state index in [-0.39, 0.29) is 0 Å². The molecule has 1 aromatic heterocycles. The molecule has 0 aliphatic rings. The average molecular weight is 271 g/mol. The largest absolute Gasteiger partial charge is 0.310 e. The van der Waals surface area contributed by atoms with E-state index in [2.05, 4.69) is 48.2 Å². The Labute approximate surface area is 121 Å². The predicted molar refractivity (Wildman–Crippen MR) is 84.6 cm³/mol. The molecule has 1 atom stereocenters. The van der Waals surface area contributed by atoms with E-state index < -0.39 is 0 Å². The summed E-state index contributed by atoms with van der Waals surface area (Å²) >= 11 is 0. The van der Waals surface area contributed by atoms with Gasteiger partial charge >= 0.3 is 0 Å². The summed E-state index contributed by atoms with van der Waals surface area (Å²) in [6.45, 7) is 7.69. The Morgan fingerprint density at radius 3 is 2.50 bits per heavy atom. The van der Waals surface area contributed by atoms with Gasteiger partial charge < -0.3 is 5.32 Å². The number of hydrogen-bond acceptors (Lipinski definition) is 3. The van der Waals surface area contributed by atoms with Crippen LogP contribution in [0.25, 0.3) is 11.0 Å². The molecule has 0 spiro atoms. The highest BCUT2D eigenvalue weighted by Crippen LogP contribution is 2.28. The first-order valence-corrected chi connectivity index (χ1v) is 7.73. The van der Waals surface area contributed by atoms with Crippen molar-refractivity contribution >= 4 is 11.0 Å². The molecule has 2 rings (SSSR count). The lowest BCUT2D eigenvalue weighted by Gasteiger charge is -2.23. The molecule has 3 heteroatoms. The first-order chi connectivity index (χ1) is 9.80. The van der Waals surface area contributed by atoms with Gasteiger partial charge in [0.2, 0.25) is 0 Å². The minimum Gasteiger partial charge on any atom is -0.310 e. The van der Waals surface area contributed by atoms with Crippen LogP contribution in [0.1, 0.15) is 51.6 Å². The molecule has 1 aromatic carbocycles. The van der Waals surface area contributed by atoms with Gasteiger partial charge in [-0.3, -0.25) is 9.97 Å². The van der Waals surface area contributed by atoms with Crippen molar-refractivity contribution < 1.29 is 0 Å². The van der Waals surface area contributed by atoms with Gasteiger partial charge in [0.15, 0.2) is 0 Å². The Morgan fingerprint density at radius 1 is 1.05 bits per heavy atom. The van der Waals surface area contributed by atoms with Crippen LogP contribution in [0.2, 0.25) is 0 Å². The van der Waals surface area contributed by atoms with E-state index in [0.717, 1.165) is 29.9 Å². The molecule has 0 saturated heterocycles.